The van der Waals surface area contributed by atoms with E-state index < -0.39 is 0 Å². The van der Waals surface area contributed by atoms with Crippen LogP contribution in [0.3, 0.4) is 0 Å². The molecule has 21 heavy (non-hydrogen) atoms. The first-order valence-corrected chi connectivity index (χ1v) is 8.27. The number of aryl methyl sites for hydroxylation is 2. The molecule has 2 aromatic heterocycles. The molecule has 6 heteroatoms. The van der Waals surface area contributed by atoms with Gasteiger partial charge in [0.1, 0.15) is 10.7 Å². The van der Waals surface area contributed by atoms with Crippen molar-refractivity contribution in [3.63, 3.8) is 0 Å². The lowest BCUT2D eigenvalue weighted by molar-refractivity contribution is 0.285. The largest absolute Gasteiger partial charge is 0.396 e. The molecule has 0 radical (unpaired) electrons. The van der Waals surface area contributed by atoms with E-state index in [1.165, 1.54) is 4.88 Å². The zero-order chi connectivity index (χ0) is 15.0. The lowest BCUT2D eigenvalue weighted by Gasteiger charge is -2.12. The average molecular weight is 307 g/mol. The van der Waals surface area contributed by atoms with E-state index in [1.54, 1.807) is 11.3 Å². The molecule has 0 atom stereocenters. The molecule has 1 aliphatic carbocycles. The zero-order valence-electron chi connectivity index (χ0n) is 12.5. The third-order valence-corrected chi connectivity index (χ3v) is 5.12. The standard InChI is InChI=1S/C15H21N3O2S/c1-9-10(2)21-14-13(9)15(20)18(11-4-5-11)12(17-14)8-16-6-3-7-19/h11,16,19H,3-8H2,1-2H3. The first-order chi connectivity index (χ1) is 10.1. The Kier molecular flexibility index (Phi) is 4.10. The lowest BCUT2D eigenvalue weighted by Crippen LogP contribution is -2.28. The van der Waals surface area contributed by atoms with Gasteiger partial charge in [0.05, 0.1) is 11.9 Å². The Balaban J connectivity index is 2.02. The monoisotopic (exact) mass is 307 g/mol. The van der Waals surface area contributed by atoms with E-state index >= 15 is 0 Å². The maximum atomic E-state index is 12.8. The molecule has 0 bridgehead atoms. The first kappa shape index (κ1) is 14.7. The van der Waals surface area contributed by atoms with Crippen molar-refractivity contribution in [2.45, 2.75) is 45.7 Å². The molecule has 0 aromatic carbocycles. The molecule has 0 saturated heterocycles. The van der Waals surface area contributed by atoms with Gasteiger partial charge in [0.15, 0.2) is 0 Å². The van der Waals surface area contributed by atoms with Crippen LogP contribution in [0.5, 0.6) is 0 Å². The van der Waals surface area contributed by atoms with Crippen LogP contribution in [0.2, 0.25) is 0 Å². The summed E-state index contributed by atoms with van der Waals surface area (Å²) in [5.41, 5.74) is 1.19. The summed E-state index contributed by atoms with van der Waals surface area (Å²) in [4.78, 5) is 19.6. The van der Waals surface area contributed by atoms with Crippen molar-refractivity contribution in [3.8, 4) is 0 Å². The van der Waals surface area contributed by atoms with Crippen molar-refractivity contribution in [2.75, 3.05) is 13.2 Å². The van der Waals surface area contributed by atoms with E-state index in [2.05, 4.69) is 5.32 Å². The Bertz CT molecular complexity index is 716. The van der Waals surface area contributed by atoms with Gasteiger partial charge in [0.2, 0.25) is 0 Å². The predicted molar refractivity (Wildman–Crippen MR) is 85.0 cm³/mol. The molecule has 0 amide bonds. The van der Waals surface area contributed by atoms with Crippen molar-refractivity contribution >= 4 is 21.6 Å². The molecule has 0 aliphatic heterocycles. The minimum absolute atomic E-state index is 0.114. The fourth-order valence-corrected chi connectivity index (χ4v) is 3.63. The Hall–Kier alpha value is -1.24. The summed E-state index contributed by atoms with van der Waals surface area (Å²) in [5.74, 6) is 0.828. The molecule has 1 aliphatic rings. The van der Waals surface area contributed by atoms with Gasteiger partial charge in [-0.25, -0.2) is 4.98 Å². The van der Waals surface area contributed by atoms with Crippen LogP contribution < -0.4 is 10.9 Å². The van der Waals surface area contributed by atoms with Crippen molar-refractivity contribution in [3.05, 3.63) is 26.6 Å². The minimum atomic E-state index is 0.114. The normalized spacial score (nSPS) is 15.0. The van der Waals surface area contributed by atoms with Crippen LogP contribution in [-0.4, -0.2) is 27.8 Å². The van der Waals surface area contributed by atoms with Crippen LogP contribution in [0.4, 0.5) is 0 Å². The van der Waals surface area contributed by atoms with E-state index in [0.717, 1.165) is 41.0 Å². The maximum absolute atomic E-state index is 12.8. The number of rotatable bonds is 6. The smallest absolute Gasteiger partial charge is 0.262 e. The summed E-state index contributed by atoms with van der Waals surface area (Å²) in [6.45, 7) is 5.54. The number of thiophene rings is 1. The highest BCUT2D eigenvalue weighted by molar-refractivity contribution is 7.18. The summed E-state index contributed by atoms with van der Waals surface area (Å²) in [5, 5.41) is 12.9. The molecule has 1 saturated carbocycles. The van der Waals surface area contributed by atoms with Crippen LogP contribution in [0, 0.1) is 13.8 Å². The van der Waals surface area contributed by atoms with E-state index in [4.69, 9.17) is 10.1 Å². The van der Waals surface area contributed by atoms with E-state index in [0.29, 0.717) is 19.0 Å². The Morgan fingerprint density at radius 3 is 2.86 bits per heavy atom. The van der Waals surface area contributed by atoms with Gasteiger partial charge in [-0.15, -0.1) is 11.3 Å². The summed E-state index contributed by atoms with van der Waals surface area (Å²) in [6.07, 6.45) is 2.85. The molecular weight excluding hydrogens is 286 g/mol. The second kappa shape index (κ2) is 5.87. The van der Waals surface area contributed by atoms with Gasteiger partial charge in [-0.3, -0.25) is 9.36 Å². The number of fused-ring (bicyclic) bond motifs is 1. The molecule has 0 spiro atoms. The second-order valence-corrected chi connectivity index (χ2v) is 6.85. The maximum Gasteiger partial charge on any atom is 0.262 e. The summed E-state index contributed by atoms with van der Waals surface area (Å²) >= 11 is 1.60. The highest BCUT2D eigenvalue weighted by Gasteiger charge is 2.29. The number of aliphatic hydroxyl groups excluding tert-OH is 1. The zero-order valence-corrected chi connectivity index (χ0v) is 13.3. The van der Waals surface area contributed by atoms with E-state index in [9.17, 15) is 4.79 Å². The highest BCUT2D eigenvalue weighted by Crippen LogP contribution is 2.36. The molecule has 114 valence electrons. The SMILES string of the molecule is Cc1sc2nc(CNCCCO)n(C3CC3)c(=O)c2c1C. The van der Waals surface area contributed by atoms with Crippen LogP contribution in [0.1, 0.15) is 41.6 Å². The molecule has 2 N–H and O–H groups in total. The molecule has 0 unspecified atom stereocenters. The number of hydrogen-bond acceptors (Lipinski definition) is 5. The second-order valence-electron chi connectivity index (χ2n) is 5.65. The number of aromatic nitrogens is 2. The quantitative estimate of drug-likeness (QED) is 0.800. The highest BCUT2D eigenvalue weighted by atomic mass is 32.1. The number of nitrogens with zero attached hydrogens (tertiary/aromatic N) is 2. The van der Waals surface area contributed by atoms with Crippen LogP contribution >= 0.6 is 11.3 Å². The Morgan fingerprint density at radius 2 is 2.19 bits per heavy atom. The third kappa shape index (κ3) is 2.75. The van der Waals surface area contributed by atoms with Crippen LogP contribution in [0.15, 0.2) is 4.79 Å². The van der Waals surface area contributed by atoms with E-state index in [-0.39, 0.29) is 12.2 Å². The average Bonchev–Trinajstić information content (AvgIpc) is 3.23. The van der Waals surface area contributed by atoms with Crippen molar-refractivity contribution in [2.24, 2.45) is 0 Å². The third-order valence-electron chi connectivity index (χ3n) is 4.01. The summed E-state index contributed by atoms with van der Waals surface area (Å²) < 4.78 is 1.88. The summed E-state index contributed by atoms with van der Waals surface area (Å²) in [6, 6.07) is 0.323. The predicted octanol–water partition coefficient (Wildman–Crippen LogP) is 1.88. The van der Waals surface area contributed by atoms with Gasteiger partial charge in [-0.2, -0.15) is 0 Å². The molecular formula is C15H21N3O2S. The molecule has 1 fully saturated rings. The number of nitrogens with one attached hydrogen (secondary N) is 1. The molecule has 2 heterocycles. The number of hydrogen-bond donors (Lipinski definition) is 2. The number of aliphatic hydroxyl groups is 1. The van der Waals surface area contributed by atoms with Gasteiger partial charge in [-0.1, -0.05) is 0 Å². The fraction of sp³-hybridized carbons (Fsp3) is 0.600. The van der Waals surface area contributed by atoms with Crippen LogP contribution in [-0.2, 0) is 6.54 Å². The van der Waals surface area contributed by atoms with Gasteiger partial charge in [0, 0.05) is 17.5 Å². The van der Waals surface area contributed by atoms with Crippen molar-refractivity contribution in [1.29, 1.82) is 0 Å². The fourth-order valence-electron chi connectivity index (χ4n) is 2.59. The molecule has 2 aromatic rings. The van der Waals surface area contributed by atoms with Crippen molar-refractivity contribution in [1.82, 2.24) is 14.9 Å². The van der Waals surface area contributed by atoms with E-state index in [1.807, 2.05) is 18.4 Å². The Morgan fingerprint density at radius 1 is 1.43 bits per heavy atom. The first-order valence-electron chi connectivity index (χ1n) is 7.46. The summed E-state index contributed by atoms with van der Waals surface area (Å²) in [7, 11) is 0. The topological polar surface area (TPSA) is 67.2 Å². The van der Waals surface area contributed by atoms with Crippen molar-refractivity contribution < 1.29 is 5.11 Å². The van der Waals surface area contributed by atoms with Gasteiger partial charge < -0.3 is 10.4 Å². The van der Waals surface area contributed by atoms with Gasteiger partial charge in [-0.05, 0) is 45.2 Å². The lowest BCUT2D eigenvalue weighted by atomic mass is 10.2. The van der Waals surface area contributed by atoms with Gasteiger partial charge >= 0.3 is 0 Å². The Labute approximate surface area is 127 Å². The minimum Gasteiger partial charge on any atom is -0.396 e. The molecule has 5 nitrogen and oxygen atoms in total. The molecule has 3 rings (SSSR count). The van der Waals surface area contributed by atoms with Crippen LogP contribution in [0.25, 0.3) is 10.2 Å². The van der Waals surface area contributed by atoms with Gasteiger partial charge in [0.25, 0.3) is 5.56 Å².